The van der Waals surface area contributed by atoms with Gasteiger partial charge in [-0.2, -0.15) is 0 Å². The molecule has 2 N–H and O–H groups in total. The second-order valence-electron chi connectivity index (χ2n) is 13.6. The van der Waals surface area contributed by atoms with Crippen molar-refractivity contribution in [2.45, 2.75) is 90.5 Å². The highest BCUT2D eigenvalue weighted by atomic mass is 16.5. The van der Waals surface area contributed by atoms with Gasteiger partial charge in [-0.3, -0.25) is 14.4 Å². The lowest BCUT2D eigenvalue weighted by atomic mass is 9.86. The van der Waals surface area contributed by atoms with E-state index in [1.807, 2.05) is 77.8 Å². The van der Waals surface area contributed by atoms with E-state index in [-0.39, 0.29) is 23.7 Å². The molecule has 1 aromatic heterocycles. The van der Waals surface area contributed by atoms with Gasteiger partial charge in [0.2, 0.25) is 5.91 Å². The van der Waals surface area contributed by atoms with Gasteiger partial charge < -0.3 is 20.1 Å². The van der Waals surface area contributed by atoms with Crippen LogP contribution in [0.1, 0.15) is 94.1 Å². The van der Waals surface area contributed by atoms with Crippen molar-refractivity contribution in [2.75, 3.05) is 19.7 Å². The van der Waals surface area contributed by atoms with E-state index in [1.165, 1.54) is 25.7 Å². The summed E-state index contributed by atoms with van der Waals surface area (Å²) < 4.78 is 5.96. The number of unbranched alkanes of at least 4 members (excludes halogenated alkanes) is 4. The van der Waals surface area contributed by atoms with E-state index in [2.05, 4.69) is 38.0 Å². The maximum atomic E-state index is 13.5. The van der Waals surface area contributed by atoms with Crippen LogP contribution in [0.2, 0.25) is 0 Å². The third-order valence-corrected chi connectivity index (χ3v) is 8.75. The van der Waals surface area contributed by atoms with Crippen LogP contribution in [0.25, 0.3) is 22.3 Å². The van der Waals surface area contributed by atoms with E-state index < -0.39 is 6.04 Å². The standard InChI is InChI=1S/C39H48N4O3.CH2O2/c1-5-6-7-8-11-24-46-33-20-21-34-31(26-33)27-40-36(41-34)29-14-12-28(13-15-29)25-35(38(45)43-22-9-10-23-43)42-37(44)30-16-18-32(19-17-30)39(2,3)4;2-1-3/h12-21,26-27,35H,5-11,22-25H2,1-4H3,(H,42,44);1H,(H,2,3). The molecule has 9 heteroatoms. The first-order valence-electron chi connectivity index (χ1n) is 17.4. The molecule has 260 valence electrons. The number of carbonyl (C=O) groups excluding carboxylic acids is 2. The molecule has 1 aliphatic heterocycles. The van der Waals surface area contributed by atoms with Crippen molar-refractivity contribution in [3.63, 3.8) is 0 Å². The summed E-state index contributed by atoms with van der Waals surface area (Å²) in [5.41, 5.74) is 4.42. The van der Waals surface area contributed by atoms with E-state index in [4.69, 9.17) is 19.6 Å². The van der Waals surface area contributed by atoms with Crippen LogP contribution in [0.4, 0.5) is 0 Å². The molecule has 1 fully saturated rings. The molecule has 1 atom stereocenters. The molecule has 0 saturated carbocycles. The average Bonchev–Trinajstić information content (AvgIpc) is 3.65. The van der Waals surface area contributed by atoms with E-state index in [0.717, 1.165) is 72.3 Å². The maximum absolute atomic E-state index is 13.5. The number of ether oxygens (including phenoxy) is 1. The van der Waals surface area contributed by atoms with Gasteiger partial charge in [0.1, 0.15) is 11.8 Å². The summed E-state index contributed by atoms with van der Waals surface area (Å²) in [6.45, 7) is 10.6. The van der Waals surface area contributed by atoms with E-state index >= 15 is 0 Å². The van der Waals surface area contributed by atoms with Crippen molar-refractivity contribution < 1.29 is 24.2 Å². The minimum Gasteiger partial charge on any atom is -0.494 e. The zero-order chi connectivity index (χ0) is 35.2. The zero-order valence-electron chi connectivity index (χ0n) is 29.3. The lowest BCUT2D eigenvalue weighted by Gasteiger charge is -2.24. The lowest BCUT2D eigenvalue weighted by molar-refractivity contribution is -0.132. The Morgan fingerprint density at radius 2 is 1.63 bits per heavy atom. The van der Waals surface area contributed by atoms with E-state index in [1.54, 1.807) is 0 Å². The maximum Gasteiger partial charge on any atom is 0.290 e. The monoisotopic (exact) mass is 666 g/mol. The third-order valence-electron chi connectivity index (χ3n) is 8.75. The topological polar surface area (TPSA) is 122 Å². The number of nitrogens with one attached hydrogen (secondary N) is 1. The fourth-order valence-corrected chi connectivity index (χ4v) is 5.88. The van der Waals surface area contributed by atoms with Gasteiger partial charge >= 0.3 is 0 Å². The van der Waals surface area contributed by atoms with Crippen LogP contribution in [-0.2, 0) is 21.4 Å². The Morgan fingerprint density at radius 3 is 2.29 bits per heavy atom. The fraction of sp³-hybridized carbons (Fsp3) is 0.425. The summed E-state index contributed by atoms with van der Waals surface area (Å²) >= 11 is 0. The Morgan fingerprint density at radius 1 is 0.959 bits per heavy atom. The van der Waals surface area contributed by atoms with Crippen LogP contribution >= 0.6 is 0 Å². The van der Waals surface area contributed by atoms with Crippen molar-refractivity contribution in [3.05, 3.63) is 89.6 Å². The SMILES string of the molecule is CCCCCCCOc1ccc2nc(-c3ccc(CC(NC(=O)c4ccc(C(C)(C)C)cc4)C(=O)N4CCCC4)cc3)ncc2c1.O=CO. The van der Waals surface area contributed by atoms with Crippen LogP contribution in [0.5, 0.6) is 5.75 Å². The fourth-order valence-electron chi connectivity index (χ4n) is 5.88. The second-order valence-corrected chi connectivity index (χ2v) is 13.6. The summed E-state index contributed by atoms with van der Waals surface area (Å²) in [5.74, 6) is 1.22. The second kappa shape index (κ2) is 18.1. The molecule has 1 unspecified atom stereocenters. The minimum atomic E-state index is -0.650. The van der Waals surface area contributed by atoms with Gasteiger partial charge in [0.25, 0.3) is 12.4 Å². The van der Waals surface area contributed by atoms with Crippen molar-refractivity contribution >= 4 is 29.2 Å². The smallest absolute Gasteiger partial charge is 0.290 e. The molecule has 0 aliphatic carbocycles. The van der Waals surface area contributed by atoms with Gasteiger partial charge in [0, 0.05) is 42.2 Å². The molecule has 0 spiro atoms. The highest BCUT2D eigenvalue weighted by Gasteiger charge is 2.28. The van der Waals surface area contributed by atoms with Gasteiger partial charge in [0.15, 0.2) is 5.82 Å². The number of aromatic nitrogens is 2. The molecule has 1 saturated heterocycles. The van der Waals surface area contributed by atoms with Gasteiger partial charge in [-0.1, -0.05) is 89.8 Å². The Hall–Kier alpha value is -4.79. The molecular weight excluding hydrogens is 616 g/mol. The first-order chi connectivity index (χ1) is 23.6. The van der Waals surface area contributed by atoms with E-state index in [9.17, 15) is 9.59 Å². The molecule has 2 amide bonds. The van der Waals surface area contributed by atoms with Crippen LogP contribution in [0.3, 0.4) is 0 Å². The number of nitrogens with zero attached hydrogens (tertiary/aromatic N) is 3. The van der Waals surface area contributed by atoms with Crippen LogP contribution in [0, 0.1) is 0 Å². The number of fused-ring (bicyclic) bond motifs is 1. The molecule has 3 aromatic carbocycles. The first-order valence-corrected chi connectivity index (χ1v) is 17.4. The summed E-state index contributed by atoms with van der Waals surface area (Å²) in [7, 11) is 0. The summed E-state index contributed by atoms with van der Waals surface area (Å²) in [5, 5.41) is 10.9. The predicted octanol–water partition coefficient (Wildman–Crippen LogP) is 7.61. The van der Waals surface area contributed by atoms with Gasteiger partial charge in [-0.15, -0.1) is 0 Å². The van der Waals surface area contributed by atoms with Crippen LogP contribution in [0.15, 0.2) is 72.9 Å². The first kappa shape index (κ1) is 37.0. The Kier molecular flexibility index (Phi) is 13.7. The van der Waals surface area contributed by atoms with Crippen LogP contribution in [-0.4, -0.2) is 64.0 Å². The predicted molar refractivity (Wildman–Crippen MR) is 194 cm³/mol. The van der Waals surface area contributed by atoms with Gasteiger partial charge in [0.05, 0.1) is 12.1 Å². The van der Waals surface area contributed by atoms with E-state index in [0.29, 0.717) is 17.8 Å². The Bertz CT molecular complexity index is 1660. The number of benzene rings is 3. The number of likely N-dealkylation sites (tertiary alicyclic amines) is 1. The normalized spacial score (nSPS) is 13.3. The van der Waals surface area contributed by atoms with Crippen molar-refractivity contribution in [1.29, 1.82) is 0 Å². The highest BCUT2D eigenvalue weighted by molar-refractivity contribution is 5.97. The Labute approximate surface area is 290 Å². The molecule has 5 rings (SSSR count). The average molecular weight is 667 g/mol. The molecule has 0 radical (unpaired) electrons. The minimum absolute atomic E-state index is 0.00124. The molecule has 49 heavy (non-hydrogen) atoms. The van der Waals surface area contributed by atoms with Crippen molar-refractivity contribution in [2.24, 2.45) is 0 Å². The molecular formula is C40H50N4O5. The number of hydrogen-bond donors (Lipinski definition) is 2. The summed E-state index contributed by atoms with van der Waals surface area (Å²) in [6.07, 6.45) is 10.3. The molecule has 1 aliphatic rings. The number of amides is 2. The lowest BCUT2D eigenvalue weighted by Crippen LogP contribution is -2.49. The third kappa shape index (κ3) is 10.9. The van der Waals surface area contributed by atoms with Crippen LogP contribution < -0.4 is 10.1 Å². The highest BCUT2D eigenvalue weighted by Crippen LogP contribution is 2.25. The van der Waals surface area contributed by atoms with Crippen molar-refractivity contribution in [3.8, 4) is 17.1 Å². The van der Waals surface area contributed by atoms with Gasteiger partial charge in [-0.05, 0) is 66.1 Å². The summed E-state index contributed by atoms with van der Waals surface area (Å²) in [6, 6.07) is 20.9. The number of rotatable bonds is 13. The molecule has 2 heterocycles. The number of hydrogen-bond acceptors (Lipinski definition) is 6. The molecule has 4 aromatic rings. The quantitative estimate of drug-likeness (QED) is 0.111. The summed E-state index contributed by atoms with van der Waals surface area (Å²) in [4.78, 5) is 46.5. The van der Waals surface area contributed by atoms with Gasteiger partial charge in [-0.25, -0.2) is 9.97 Å². The zero-order valence-corrected chi connectivity index (χ0v) is 29.3. The van der Waals surface area contributed by atoms with Crippen molar-refractivity contribution in [1.82, 2.24) is 20.2 Å². The molecule has 0 bridgehead atoms. The number of carboxylic acid groups (broad SMARTS) is 1. The number of carbonyl (C=O) groups is 3. The Balaban J connectivity index is 0.00000174. The largest absolute Gasteiger partial charge is 0.494 e. The molecule has 9 nitrogen and oxygen atoms in total.